The predicted octanol–water partition coefficient (Wildman–Crippen LogP) is 0.654. The van der Waals surface area contributed by atoms with Gasteiger partial charge in [0, 0.05) is 0 Å². The van der Waals surface area contributed by atoms with Crippen LogP contribution in [0.5, 0.6) is 0 Å². The van der Waals surface area contributed by atoms with Gasteiger partial charge in [-0.25, -0.2) is 0 Å². The Bertz CT molecular complexity index is 446. The SMILES string of the molecule is Cl.N#Cc1nncs1.N=C(N)c1nncs1. The first-order chi connectivity index (χ1) is 7.24. The molecular weight excluding hydrogens is 270 g/mol. The van der Waals surface area contributed by atoms with Crippen molar-refractivity contribution in [3.8, 4) is 6.07 Å². The molecule has 0 saturated heterocycles. The second kappa shape index (κ2) is 7.63. The number of nitrogens with two attached hydrogens (primary N) is 1. The number of hydrogen-bond donors (Lipinski definition) is 2. The summed E-state index contributed by atoms with van der Waals surface area (Å²) in [7, 11) is 0. The number of nitrogens with one attached hydrogen (secondary N) is 1. The molecule has 0 saturated carbocycles. The largest absolute Gasteiger partial charge is 0.382 e. The summed E-state index contributed by atoms with van der Waals surface area (Å²) in [6.07, 6.45) is 0. The van der Waals surface area contributed by atoms with Crippen LogP contribution < -0.4 is 5.73 Å². The molecule has 2 aromatic rings. The standard InChI is InChI=1S/C3H4N4S.C3HN3S.ClH/c4-2(5)3-7-6-1-8-3;4-1-3-6-5-2-7-3;/h1H,(H3,4,5);2H;1H. The summed E-state index contributed by atoms with van der Waals surface area (Å²) in [6.45, 7) is 0. The quantitative estimate of drug-likeness (QED) is 0.581. The Morgan fingerprint density at radius 3 is 2.19 bits per heavy atom. The Hall–Kier alpha value is -1.63. The molecule has 0 atom stereocenters. The van der Waals surface area contributed by atoms with Gasteiger partial charge in [-0.15, -0.1) is 32.8 Å². The van der Waals surface area contributed by atoms with E-state index in [-0.39, 0.29) is 18.2 Å². The summed E-state index contributed by atoms with van der Waals surface area (Å²) in [6, 6.07) is 1.85. The molecule has 0 aliphatic heterocycles. The minimum absolute atomic E-state index is 0. The Balaban J connectivity index is 0.000000267. The number of rotatable bonds is 1. The van der Waals surface area contributed by atoms with Crippen LogP contribution in [0.2, 0.25) is 0 Å². The molecule has 0 aromatic carbocycles. The maximum atomic E-state index is 8.08. The number of aromatic nitrogens is 4. The molecule has 0 spiro atoms. The van der Waals surface area contributed by atoms with E-state index in [1.807, 2.05) is 6.07 Å². The topological polar surface area (TPSA) is 125 Å². The normalized spacial score (nSPS) is 7.94. The van der Waals surface area contributed by atoms with Gasteiger partial charge in [0.2, 0.25) is 5.01 Å². The minimum Gasteiger partial charge on any atom is -0.382 e. The van der Waals surface area contributed by atoms with Crippen LogP contribution in [0.1, 0.15) is 10.0 Å². The van der Waals surface area contributed by atoms with Gasteiger partial charge in [0.25, 0.3) is 0 Å². The number of hydrogen-bond acceptors (Lipinski definition) is 8. The second-order valence-corrected chi connectivity index (χ2v) is 3.68. The van der Waals surface area contributed by atoms with Crippen LogP contribution in [0.15, 0.2) is 11.0 Å². The van der Waals surface area contributed by atoms with Crippen molar-refractivity contribution in [3.63, 3.8) is 0 Å². The van der Waals surface area contributed by atoms with Crippen molar-refractivity contribution < 1.29 is 0 Å². The van der Waals surface area contributed by atoms with Crippen LogP contribution in [0.25, 0.3) is 0 Å². The maximum Gasteiger partial charge on any atom is 0.217 e. The number of amidine groups is 1. The van der Waals surface area contributed by atoms with E-state index in [1.54, 1.807) is 0 Å². The monoisotopic (exact) mass is 275 g/mol. The van der Waals surface area contributed by atoms with E-state index in [9.17, 15) is 0 Å². The highest BCUT2D eigenvalue weighted by Gasteiger charge is 1.96. The van der Waals surface area contributed by atoms with E-state index in [2.05, 4.69) is 20.4 Å². The first-order valence-electron chi connectivity index (χ1n) is 3.51. The molecule has 0 aliphatic rings. The van der Waals surface area contributed by atoms with E-state index in [1.165, 1.54) is 33.7 Å². The van der Waals surface area contributed by atoms with Crippen molar-refractivity contribution in [3.05, 3.63) is 21.0 Å². The van der Waals surface area contributed by atoms with Crippen molar-refractivity contribution in [1.82, 2.24) is 20.4 Å². The highest BCUT2D eigenvalue weighted by atomic mass is 35.5. The number of nitriles is 1. The maximum absolute atomic E-state index is 8.08. The van der Waals surface area contributed by atoms with E-state index in [4.69, 9.17) is 16.4 Å². The molecule has 0 fully saturated rings. The lowest BCUT2D eigenvalue weighted by Gasteiger charge is -1.81. The molecule has 2 aromatic heterocycles. The van der Waals surface area contributed by atoms with E-state index < -0.39 is 0 Å². The van der Waals surface area contributed by atoms with Crippen LogP contribution in [0.3, 0.4) is 0 Å². The molecule has 0 unspecified atom stereocenters. The Labute approximate surface area is 105 Å². The second-order valence-electron chi connectivity index (χ2n) is 2.01. The highest BCUT2D eigenvalue weighted by molar-refractivity contribution is 7.11. The average molecular weight is 276 g/mol. The average Bonchev–Trinajstić information content (AvgIpc) is 2.92. The fourth-order valence-corrected chi connectivity index (χ4v) is 1.27. The molecule has 7 nitrogen and oxygen atoms in total. The third kappa shape index (κ3) is 4.74. The number of halogens is 1. The van der Waals surface area contributed by atoms with Gasteiger partial charge >= 0.3 is 0 Å². The Morgan fingerprint density at radius 2 is 1.94 bits per heavy atom. The summed E-state index contributed by atoms with van der Waals surface area (Å²) in [5, 5.41) is 29.7. The zero-order valence-electron chi connectivity index (χ0n) is 7.69. The van der Waals surface area contributed by atoms with Crippen LogP contribution in [-0.4, -0.2) is 26.2 Å². The van der Waals surface area contributed by atoms with E-state index in [0.717, 1.165) is 0 Å². The molecule has 0 bridgehead atoms. The van der Waals surface area contributed by atoms with Crippen molar-refractivity contribution in [2.75, 3.05) is 0 Å². The van der Waals surface area contributed by atoms with Gasteiger partial charge < -0.3 is 5.73 Å². The van der Waals surface area contributed by atoms with Gasteiger partial charge in [0.15, 0.2) is 10.8 Å². The van der Waals surface area contributed by atoms with Crippen molar-refractivity contribution in [2.45, 2.75) is 0 Å². The van der Waals surface area contributed by atoms with Crippen molar-refractivity contribution in [2.24, 2.45) is 5.73 Å². The molecule has 0 amide bonds. The van der Waals surface area contributed by atoms with Crippen LogP contribution in [0, 0.1) is 16.7 Å². The Morgan fingerprint density at radius 1 is 1.31 bits per heavy atom. The molecule has 10 heteroatoms. The fraction of sp³-hybridized carbons (Fsp3) is 0. The molecule has 2 rings (SSSR count). The highest BCUT2D eigenvalue weighted by Crippen LogP contribution is 1.97. The smallest absolute Gasteiger partial charge is 0.217 e. The molecule has 16 heavy (non-hydrogen) atoms. The van der Waals surface area contributed by atoms with Crippen molar-refractivity contribution >= 4 is 40.9 Å². The lowest BCUT2D eigenvalue weighted by atomic mass is 10.7. The van der Waals surface area contributed by atoms with Crippen LogP contribution >= 0.6 is 35.1 Å². The van der Waals surface area contributed by atoms with Crippen LogP contribution in [-0.2, 0) is 0 Å². The lowest BCUT2D eigenvalue weighted by Crippen LogP contribution is -2.10. The van der Waals surface area contributed by atoms with Gasteiger partial charge in [-0.05, 0) is 0 Å². The predicted molar refractivity (Wildman–Crippen MR) is 62.8 cm³/mol. The summed E-state index contributed by atoms with van der Waals surface area (Å²) in [4.78, 5) is 0. The summed E-state index contributed by atoms with van der Waals surface area (Å²) < 4.78 is 0. The molecule has 3 N–H and O–H groups in total. The first kappa shape index (κ1) is 14.4. The van der Waals surface area contributed by atoms with E-state index in [0.29, 0.717) is 10.0 Å². The third-order valence-corrected chi connectivity index (χ3v) is 2.37. The molecule has 2 heterocycles. The van der Waals surface area contributed by atoms with Gasteiger partial charge in [-0.3, -0.25) is 5.41 Å². The zero-order chi connectivity index (χ0) is 11.1. The van der Waals surface area contributed by atoms with Crippen molar-refractivity contribution in [1.29, 1.82) is 10.7 Å². The molecule has 0 radical (unpaired) electrons. The zero-order valence-corrected chi connectivity index (χ0v) is 10.1. The summed E-state index contributed by atoms with van der Waals surface area (Å²) in [5.41, 5.74) is 8.11. The first-order valence-corrected chi connectivity index (χ1v) is 5.26. The van der Waals surface area contributed by atoms with Gasteiger partial charge in [-0.1, -0.05) is 22.7 Å². The Kier molecular flexibility index (Phi) is 6.86. The number of nitrogen functional groups attached to an aromatic ring is 1. The van der Waals surface area contributed by atoms with E-state index >= 15 is 0 Å². The third-order valence-electron chi connectivity index (χ3n) is 1.05. The summed E-state index contributed by atoms with van der Waals surface area (Å²) >= 11 is 2.50. The van der Waals surface area contributed by atoms with Gasteiger partial charge in [-0.2, -0.15) is 5.26 Å². The lowest BCUT2D eigenvalue weighted by molar-refractivity contribution is 1.07. The fourth-order valence-electron chi connectivity index (χ4n) is 0.512. The number of nitrogens with zero attached hydrogens (tertiary/aromatic N) is 5. The van der Waals surface area contributed by atoms with Gasteiger partial charge in [0.1, 0.15) is 17.1 Å². The molecule has 84 valence electrons. The van der Waals surface area contributed by atoms with Crippen LogP contribution in [0.4, 0.5) is 0 Å². The summed E-state index contributed by atoms with van der Waals surface area (Å²) in [5.74, 6) is -0.0208. The molecule has 0 aliphatic carbocycles. The van der Waals surface area contributed by atoms with Gasteiger partial charge in [0.05, 0.1) is 0 Å². The minimum atomic E-state index is -0.0208. The molecular formula is C6H6ClN7S2.